The zero-order chi connectivity index (χ0) is 16.9. The van der Waals surface area contributed by atoms with Crippen LogP contribution in [0.25, 0.3) is 0 Å². The number of aryl methyl sites for hydroxylation is 1. The zero-order valence-corrected chi connectivity index (χ0v) is 14.2. The molecule has 0 saturated carbocycles. The topological polar surface area (TPSA) is 66.3 Å². The molecule has 2 aromatic rings. The molecule has 2 heterocycles. The first-order valence-corrected chi connectivity index (χ1v) is 8.28. The lowest BCUT2D eigenvalue weighted by atomic mass is 10.0. The van der Waals surface area contributed by atoms with Gasteiger partial charge in [0, 0.05) is 38.9 Å². The van der Waals surface area contributed by atoms with E-state index in [1.165, 1.54) is 5.69 Å². The molecule has 0 unspecified atom stereocenters. The Labute approximate surface area is 142 Å². The predicted octanol–water partition coefficient (Wildman–Crippen LogP) is 1.63. The molecule has 1 aromatic carbocycles. The summed E-state index contributed by atoms with van der Waals surface area (Å²) in [5.41, 5.74) is 1.22. The fraction of sp³-hybridized carbons (Fsp3) is 0.471. The number of nitrogens with zero attached hydrogens (tertiary/aromatic N) is 5. The summed E-state index contributed by atoms with van der Waals surface area (Å²) in [6.45, 7) is 1.90. The van der Waals surface area contributed by atoms with Crippen LogP contribution in [0, 0.1) is 0 Å². The highest BCUT2D eigenvalue weighted by atomic mass is 16.2. The van der Waals surface area contributed by atoms with Gasteiger partial charge in [-0.25, -0.2) is 9.78 Å². The van der Waals surface area contributed by atoms with Gasteiger partial charge in [-0.15, -0.1) is 0 Å². The molecule has 2 amide bonds. The molecule has 0 atom stereocenters. The van der Waals surface area contributed by atoms with Crippen LogP contribution in [0.1, 0.15) is 18.7 Å². The van der Waals surface area contributed by atoms with Gasteiger partial charge in [-0.3, -0.25) is 4.68 Å². The van der Waals surface area contributed by atoms with Crippen molar-refractivity contribution in [1.82, 2.24) is 25.0 Å². The maximum absolute atomic E-state index is 12.3. The van der Waals surface area contributed by atoms with Gasteiger partial charge in [-0.05, 0) is 25.0 Å². The summed E-state index contributed by atoms with van der Waals surface area (Å²) in [5, 5.41) is 7.06. The van der Waals surface area contributed by atoms with Crippen LogP contribution in [0.15, 0.2) is 36.7 Å². The number of amides is 2. The lowest BCUT2D eigenvalue weighted by Gasteiger charge is -2.37. The predicted molar refractivity (Wildman–Crippen MR) is 92.7 cm³/mol. The number of likely N-dealkylation sites (tertiary alicyclic amines) is 1. The van der Waals surface area contributed by atoms with Gasteiger partial charge in [-0.2, -0.15) is 5.10 Å². The molecule has 1 saturated heterocycles. The van der Waals surface area contributed by atoms with E-state index in [0.717, 1.165) is 25.9 Å². The summed E-state index contributed by atoms with van der Waals surface area (Å²) in [7, 11) is 3.94. The van der Waals surface area contributed by atoms with Gasteiger partial charge < -0.3 is 15.1 Å². The van der Waals surface area contributed by atoms with Gasteiger partial charge in [0.1, 0.15) is 6.33 Å². The number of aromatic nitrogens is 3. The van der Waals surface area contributed by atoms with Crippen LogP contribution in [0.5, 0.6) is 0 Å². The first kappa shape index (κ1) is 16.3. The Morgan fingerprint density at radius 1 is 1.29 bits per heavy atom. The number of hydrogen-bond acceptors (Lipinski definition) is 4. The van der Waals surface area contributed by atoms with E-state index in [2.05, 4.69) is 51.6 Å². The lowest BCUT2D eigenvalue weighted by Crippen LogP contribution is -2.48. The Balaban J connectivity index is 1.47. The van der Waals surface area contributed by atoms with Gasteiger partial charge in [0.05, 0.1) is 6.54 Å². The van der Waals surface area contributed by atoms with Crippen LogP contribution in [0.3, 0.4) is 0 Å². The Bertz CT molecular complexity index is 663. The van der Waals surface area contributed by atoms with Gasteiger partial charge in [-0.1, -0.05) is 18.2 Å². The van der Waals surface area contributed by atoms with Crippen molar-refractivity contribution in [2.24, 2.45) is 7.05 Å². The fourth-order valence-corrected chi connectivity index (χ4v) is 3.06. The van der Waals surface area contributed by atoms with E-state index < -0.39 is 0 Å². The monoisotopic (exact) mass is 328 g/mol. The van der Waals surface area contributed by atoms with Gasteiger partial charge in [0.2, 0.25) is 0 Å². The molecule has 0 spiro atoms. The van der Waals surface area contributed by atoms with E-state index >= 15 is 0 Å². The van der Waals surface area contributed by atoms with Crippen LogP contribution >= 0.6 is 0 Å². The maximum Gasteiger partial charge on any atom is 0.317 e. The average molecular weight is 328 g/mol. The molecule has 0 aliphatic carbocycles. The zero-order valence-electron chi connectivity index (χ0n) is 14.2. The first-order chi connectivity index (χ1) is 11.6. The van der Waals surface area contributed by atoms with Crippen LogP contribution in [0.4, 0.5) is 10.5 Å². The van der Waals surface area contributed by atoms with Crippen molar-refractivity contribution in [3.8, 4) is 0 Å². The SMILES string of the molecule is CN(c1ccccc1)C1CCN(C(=O)NCc2ncn(C)n2)CC1. The number of anilines is 1. The summed E-state index contributed by atoms with van der Waals surface area (Å²) >= 11 is 0. The number of piperidine rings is 1. The molecule has 1 fully saturated rings. The van der Waals surface area contributed by atoms with Crippen LogP contribution < -0.4 is 10.2 Å². The standard InChI is InChI=1S/C17H24N6O/c1-21-13-19-16(20-21)12-18-17(24)23-10-8-15(9-11-23)22(2)14-6-4-3-5-7-14/h3-7,13,15H,8-12H2,1-2H3,(H,18,24). The van der Waals surface area contributed by atoms with Crippen molar-refractivity contribution >= 4 is 11.7 Å². The normalized spacial score (nSPS) is 15.3. The third-order valence-corrected chi connectivity index (χ3v) is 4.51. The van der Waals surface area contributed by atoms with Gasteiger partial charge in [0.15, 0.2) is 5.82 Å². The number of urea groups is 1. The molecular weight excluding hydrogens is 304 g/mol. The van der Waals surface area contributed by atoms with Gasteiger partial charge >= 0.3 is 6.03 Å². The summed E-state index contributed by atoms with van der Waals surface area (Å²) in [6, 6.07) is 10.8. The summed E-state index contributed by atoms with van der Waals surface area (Å²) in [6.07, 6.45) is 3.58. The largest absolute Gasteiger partial charge is 0.371 e. The Hall–Kier alpha value is -2.57. The highest BCUT2D eigenvalue weighted by Crippen LogP contribution is 2.21. The minimum Gasteiger partial charge on any atom is -0.371 e. The Kier molecular flexibility index (Phi) is 4.98. The second-order valence-electron chi connectivity index (χ2n) is 6.16. The second kappa shape index (κ2) is 7.33. The van der Waals surface area contributed by atoms with Crippen molar-refractivity contribution in [2.75, 3.05) is 25.0 Å². The third-order valence-electron chi connectivity index (χ3n) is 4.51. The number of carbonyl (C=O) groups is 1. The van der Waals surface area contributed by atoms with E-state index in [-0.39, 0.29) is 6.03 Å². The van der Waals surface area contributed by atoms with E-state index in [0.29, 0.717) is 18.4 Å². The average Bonchev–Trinajstić information content (AvgIpc) is 3.05. The van der Waals surface area contributed by atoms with E-state index in [1.807, 2.05) is 18.0 Å². The number of para-hydroxylation sites is 1. The van der Waals surface area contributed by atoms with E-state index in [4.69, 9.17) is 0 Å². The number of hydrogen-bond donors (Lipinski definition) is 1. The van der Waals surface area contributed by atoms with Crippen molar-refractivity contribution in [2.45, 2.75) is 25.4 Å². The molecular formula is C17H24N6O. The Morgan fingerprint density at radius 3 is 2.62 bits per heavy atom. The molecule has 1 aliphatic heterocycles. The van der Waals surface area contributed by atoms with Crippen LogP contribution in [0.2, 0.25) is 0 Å². The highest BCUT2D eigenvalue weighted by molar-refractivity contribution is 5.74. The number of benzene rings is 1. The molecule has 3 rings (SSSR count). The minimum absolute atomic E-state index is 0.0386. The van der Waals surface area contributed by atoms with Crippen molar-refractivity contribution in [3.05, 3.63) is 42.5 Å². The first-order valence-electron chi connectivity index (χ1n) is 8.28. The molecule has 7 heteroatoms. The van der Waals surface area contributed by atoms with E-state index in [1.54, 1.807) is 11.0 Å². The number of carbonyl (C=O) groups excluding carboxylic acids is 1. The quantitative estimate of drug-likeness (QED) is 0.926. The van der Waals surface area contributed by atoms with E-state index in [9.17, 15) is 4.79 Å². The number of nitrogens with one attached hydrogen (secondary N) is 1. The molecule has 0 bridgehead atoms. The van der Waals surface area contributed by atoms with Crippen molar-refractivity contribution in [1.29, 1.82) is 0 Å². The maximum atomic E-state index is 12.3. The third kappa shape index (κ3) is 3.84. The molecule has 1 aromatic heterocycles. The molecule has 0 radical (unpaired) electrons. The minimum atomic E-state index is -0.0386. The lowest BCUT2D eigenvalue weighted by molar-refractivity contribution is 0.180. The molecule has 7 nitrogen and oxygen atoms in total. The summed E-state index contributed by atoms with van der Waals surface area (Å²) in [5.74, 6) is 0.629. The molecule has 24 heavy (non-hydrogen) atoms. The summed E-state index contributed by atoms with van der Waals surface area (Å²) in [4.78, 5) is 20.6. The molecule has 128 valence electrons. The summed E-state index contributed by atoms with van der Waals surface area (Å²) < 4.78 is 1.63. The van der Waals surface area contributed by atoms with Crippen LogP contribution in [-0.2, 0) is 13.6 Å². The molecule has 1 aliphatic rings. The smallest absolute Gasteiger partial charge is 0.317 e. The van der Waals surface area contributed by atoms with Crippen molar-refractivity contribution in [3.63, 3.8) is 0 Å². The number of rotatable bonds is 4. The molecule has 1 N–H and O–H groups in total. The van der Waals surface area contributed by atoms with Crippen molar-refractivity contribution < 1.29 is 4.79 Å². The highest BCUT2D eigenvalue weighted by Gasteiger charge is 2.25. The van der Waals surface area contributed by atoms with Gasteiger partial charge in [0.25, 0.3) is 0 Å². The second-order valence-corrected chi connectivity index (χ2v) is 6.16. The fourth-order valence-electron chi connectivity index (χ4n) is 3.06. The Morgan fingerprint density at radius 2 is 2.00 bits per heavy atom. The van der Waals surface area contributed by atoms with Crippen LogP contribution in [-0.4, -0.2) is 51.9 Å².